The molecule has 18 heavy (non-hydrogen) atoms. The largest absolute Gasteiger partial charge is 0.395 e. The summed E-state index contributed by atoms with van der Waals surface area (Å²) in [5.74, 6) is 0.645. The van der Waals surface area contributed by atoms with Gasteiger partial charge in [0.25, 0.3) is 0 Å². The summed E-state index contributed by atoms with van der Waals surface area (Å²) in [6.07, 6.45) is 6.31. The van der Waals surface area contributed by atoms with Gasteiger partial charge in [0.1, 0.15) is 0 Å². The summed E-state index contributed by atoms with van der Waals surface area (Å²) in [6, 6.07) is 0.386. The molecule has 1 aliphatic heterocycles. The quantitative estimate of drug-likeness (QED) is 0.690. The van der Waals surface area contributed by atoms with Gasteiger partial charge in [-0.1, -0.05) is 49.5 Å². The van der Waals surface area contributed by atoms with Gasteiger partial charge in [0.15, 0.2) is 0 Å². The van der Waals surface area contributed by atoms with Crippen LogP contribution in [0, 0.1) is 11.3 Å². The van der Waals surface area contributed by atoms with Gasteiger partial charge in [-0.05, 0) is 37.1 Å². The third kappa shape index (κ3) is 3.94. The highest BCUT2D eigenvalue weighted by atomic mass is 79.9. The number of halogens is 1. The molecule has 2 atom stereocenters. The lowest BCUT2D eigenvalue weighted by molar-refractivity contribution is 0.0895. The van der Waals surface area contributed by atoms with Gasteiger partial charge in [0, 0.05) is 17.9 Å². The maximum Gasteiger partial charge on any atom is 0.0589 e. The van der Waals surface area contributed by atoms with Gasteiger partial charge in [-0.25, -0.2) is 0 Å². The molecule has 1 fully saturated rings. The molecular formula is C15H30BrNO. The van der Waals surface area contributed by atoms with Crippen molar-refractivity contribution in [3.63, 3.8) is 0 Å². The predicted molar refractivity (Wildman–Crippen MR) is 82.3 cm³/mol. The van der Waals surface area contributed by atoms with Crippen LogP contribution in [0.5, 0.6) is 0 Å². The van der Waals surface area contributed by atoms with Crippen molar-refractivity contribution in [2.24, 2.45) is 11.3 Å². The van der Waals surface area contributed by atoms with Crippen LogP contribution in [0.2, 0.25) is 0 Å². The highest BCUT2D eigenvalue weighted by molar-refractivity contribution is 9.09. The molecule has 0 aromatic rings. The molecule has 0 amide bonds. The van der Waals surface area contributed by atoms with E-state index in [1.54, 1.807) is 0 Å². The van der Waals surface area contributed by atoms with Crippen LogP contribution in [0.25, 0.3) is 0 Å². The Bertz CT molecular complexity index is 229. The van der Waals surface area contributed by atoms with Crippen LogP contribution < -0.4 is 0 Å². The van der Waals surface area contributed by atoms with Gasteiger partial charge in [-0.3, -0.25) is 4.90 Å². The molecule has 0 aromatic heterocycles. The third-order valence-electron chi connectivity index (χ3n) is 4.57. The first-order valence-corrected chi connectivity index (χ1v) is 8.65. The first-order valence-electron chi connectivity index (χ1n) is 7.53. The first kappa shape index (κ1) is 16.5. The second kappa shape index (κ2) is 7.86. The lowest BCUT2D eigenvalue weighted by Gasteiger charge is -2.38. The summed E-state index contributed by atoms with van der Waals surface area (Å²) in [6.45, 7) is 9.46. The smallest absolute Gasteiger partial charge is 0.0589 e. The minimum atomic E-state index is 0.317. The fraction of sp³-hybridized carbons (Fsp3) is 1.00. The van der Waals surface area contributed by atoms with Crippen molar-refractivity contribution < 1.29 is 5.11 Å². The summed E-state index contributed by atoms with van der Waals surface area (Å²) < 4.78 is 0. The minimum absolute atomic E-state index is 0.317. The van der Waals surface area contributed by atoms with E-state index in [0.717, 1.165) is 18.4 Å². The molecule has 108 valence electrons. The topological polar surface area (TPSA) is 23.5 Å². The molecular weight excluding hydrogens is 290 g/mol. The van der Waals surface area contributed by atoms with Crippen molar-refractivity contribution in [1.82, 2.24) is 4.90 Å². The molecule has 1 aliphatic rings. The number of nitrogens with zero attached hydrogens (tertiary/aromatic N) is 1. The number of hydrogen-bond donors (Lipinski definition) is 1. The van der Waals surface area contributed by atoms with Gasteiger partial charge < -0.3 is 5.11 Å². The van der Waals surface area contributed by atoms with Gasteiger partial charge >= 0.3 is 0 Å². The molecule has 2 unspecified atom stereocenters. The second-order valence-electron chi connectivity index (χ2n) is 6.12. The van der Waals surface area contributed by atoms with E-state index in [0.29, 0.717) is 24.0 Å². The highest BCUT2D eigenvalue weighted by Gasteiger charge is 2.36. The number of aliphatic hydroxyl groups is 1. The molecule has 1 saturated heterocycles. The van der Waals surface area contributed by atoms with Gasteiger partial charge in [-0.2, -0.15) is 0 Å². The summed E-state index contributed by atoms with van der Waals surface area (Å²) in [7, 11) is 0. The molecule has 0 bridgehead atoms. The van der Waals surface area contributed by atoms with E-state index in [2.05, 4.69) is 41.6 Å². The Morgan fingerprint density at radius 3 is 2.33 bits per heavy atom. The number of rotatable bonds is 8. The molecule has 0 saturated carbocycles. The second-order valence-corrected chi connectivity index (χ2v) is 6.68. The average Bonchev–Trinajstić information content (AvgIpc) is 2.70. The van der Waals surface area contributed by atoms with Gasteiger partial charge in [0.05, 0.1) is 6.61 Å². The summed E-state index contributed by atoms with van der Waals surface area (Å²) in [5, 5.41) is 10.7. The lowest BCUT2D eigenvalue weighted by Crippen LogP contribution is -2.44. The zero-order valence-electron chi connectivity index (χ0n) is 12.3. The van der Waals surface area contributed by atoms with E-state index in [1.165, 1.54) is 32.1 Å². The van der Waals surface area contributed by atoms with Crippen LogP contribution in [0.15, 0.2) is 0 Å². The highest BCUT2D eigenvalue weighted by Crippen LogP contribution is 2.36. The Labute approximate surface area is 121 Å². The SMILES string of the molecule is CCCC(CBr)(CCC)CN1CCC(C)C1CO. The van der Waals surface area contributed by atoms with E-state index in [4.69, 9.17) is 0 Å². The maximum absolute atomic E-state index is 9.58. The Kier molecular flexibility index (Phi) is 7.19. The fourth-order valence-electron chi connectivity index (χ4n) is 3.53. The molecule has 0 aromatic carbocycles. The van der Waals surface area contributed by atoms with Crippen molar-refractivity contribution in [2.45, 2.75) is 58.9 Å². The Morgan fingerprint density at radius 1 is 1.28 bits per heavy atom. The maximum atomic E-state index is 9.58. The van der Waals surface area contributed by atoms with Crippen molar-refractivity contribution in [3.05, 3.63) is 0 Å². The van der Waals surface area contributed by atoms with Gasteiger partial charge in [0.2, 0.25) is 0 Å². The Hall–Kier alpha value is 0.400. The normalized spacial score (nSPS) is 25.8. The summed E-state index contributed by atoms with van der Waals surface area (Å²) in [4.78, 5) is 2.54. The summed E-state index contributed by atoms with van der Waals surface area (Å²) >= 11 is 3.75. The van der Waals surface area contributed by atoms with Crippen molar-refractivity contribution in [2.75, 3.05) is 25.0 Å². The van der Waals surface area contributed by atoms with E-state index in [1.807, 2.05) is 0 Å². The van der Waals surface area contributed by atoms with Crippen LogP contribution in [-0.4, -0.2) is 41.1 Å². The fourth-order valence-corrected chi connectivity index (χ4v) is 4.27. The molecule has 0 spiro atoms. The minimum Gasteiger partial charge on any atom is -0.395 e. The standard InChI is InChI=1S/C15H30BrNO/c1-4-7-15(11-16,8-5-2)12-17-9-6-13(3)14(17)10-18/h13-14,18H,4-12H2,1-3H3. The van der Waals surface area contributed by atoms with Crippen molar-refractivity contribution in [1.29, 1.82) is 0 Å². The van der Waals surface area contributed by atoms with Crippen molar-refractivity contribution in [3.8, 4) is 0 Å². The third-order valence-corrected chi connectivity index (χ3v) is 5.76. The van der Waals surface area contributed by atoms with Crippen molar-refractivity contribution >= 4 is 15.9 Å². The van der Waals surface area contributed by atoms with E-state index < -0.39 is 0 Å². The molecule has 2 nitrogen and oxygen atoms in total. The number of likely N-dealkylation sites (tertiary alicyclic amines) is 1. The van der Waals surface area contributed by atoms with Crippen LogP contribution in [0.3, 0.4) is 0 Å². The average molecular weight is 320 g/mol. The van der Waals surface area contributed by atoms with Gasteiger partial charge in [-0.15, -0.1) is 0 Å². The van der Waals surface area contributed by atoms with Crippen LogP contribution in [-0.2, 0) is 0 Å². The summed E-state index contributed by atoms with van der Waals surface area (Å²) in [5.41, 5.74) is 0.404. The van der Waals surface area contributed by atoms with E-state index in [-0.39, 0.29) is 0 Å². The van der Waals surface area contributed by atoms with Crippen LogP contribution in [0.4, 0.5) is 0 Å². The predicted octanol–water partition coefficient (Wildman–Crippen LogP) is 3.67. The molecule has 3 heteroatoms. The Balaban J connectivity index is 2.70. The lowest BCUT2D eigenvalue weighted by atomic mass is 9.80. The van der Waals surface area contributed by atoms with Crippen LogP contribution in [0.1, 0.15) is 52.9 Å². The molecule has 1 rings (SSSR count). The molecule has 1 N–H and O–H groups in total. The molecule has 0 radical (unpaired) electrons. The van der Waals surface area contributed by atoms with E-state index >= 15 is 0 Å². The zero-order valence-corrected chi connectivity index (χ0v) is 13.9. The molecule has 0 aliphatic carbocycles. The first-order chi connectivity index (χ1) is 8.62. The van der Waals surface area contributed by atoms with E-state index in [9.17, 15) is 5.11 Å². The zero-order chi connectivity index (χ0) is 13.6. The number of aliphatic hydroxyl groups excluding tert-OH is 1. The molecule has 1 heterocycles. The monoisotopic (exact) mass is 319 g/mol. The number of alkyl halides is 1. The number of hydrogen-bond acceptors (Lipinski definition) is 2. The Morgan fingerprint density at radius 2 is 1.89 bits per heavy atom. The van der Waals surface area contributed by atoms with Crippen LogP contribution >= 0.6 is 15.9 Å².